The number of benzene rings is 1. The monoisotopic (exact) mass is 312 g/mol. The fraction of sp³-hybridized carbons (Fsp3) is 0.250. The van der Waals surface area contributed by atoms with Crippen LogP contribution in [0.15, 0.2) is 36.7 Å². The molecule has 0 spiro atoms. The minimum absolute atomic E-state index is 0.0144. The van der Waals surface area contributed by atoms with Crippen LogP contribution in [-0.4, -0.2) is 46.9 Å². The number of nitrogens with one attached hydrogen (secondary N) is 1. The number of hydrogen-bond acceptors (Lipinski definition) is 5. The van der Waals surface area contributed by atoms with E-state index in [1.165, 1.54) is 24.4 Å². The maximum absolute atomic E-state index is 12.4. The largest absolute Gasteiger partial charge is 0.481 e. The molecule has 2 aromatic rings. The highest BCUT2D eigenvalue weighted by Crippen LogP contribution is 2.18. The third kappa shape index (κ3) is 3.28. The van der Waals surface area contributed by atoms with E-state index in [-0.39, 0.29) is 18.4 Å². The van der Waals surface area contributed by atoms with E-state index < -0.39 is 0 Å². The van der Waals surface area contributed by atoms with Crippen LogP contribution in [0.1, 0.15) is 15.9 Å². The molecule has 2 amide bonds. The van der Waals surface area contributed by atoms with E-state index in [1.807, 2.05) is 18.2 Å². The Hall–Kier alpha value is -2.96. The van der Waals surface area contributed by atoms with Gasteiger partial charge >= 0.3 is 0 Å². The Morgan fingerprint density at radius 2 is 2.17 bits per heavy atom. The predicted molar refractivity (Wildman–Crippen MR) is 83.3 cm³/mol. The van der Waals surface area contributed by atoms with Crippen LogP contribution >= 0.6 is 0 Å². The topological polar surface area (TPSA) is 84.4 Å². The van der Waals surface area contributed by atoms with Gasteiger partial charge in [0.25, 0.3) is 5.91 Å². The molecule has 0 bridgehead atoms. The molecule has 7 nitrogen and oxygen atoms in total. The van der Waals surface area contributed by atoms with E-state index in [1.54, 1.807) is 6.07 Å². The van der Waals surface area contributed by atoms with Crippen LogP contribution < -0.4 is 10.1 Å². The summed E-state index contributed by atoms with van der Waals surface area (Å²) in [6.45, 7) is 0.510. The van der Waals surface area contributed by atoms with Crippen molar-refractivity contribution >= 4 is 17.6 Å². The molecule has 0 aliphatic carbocycles. The molecule has 0 saturated carbocycles. The number of methoxy groups -OCH3 is 1. The molecule has 0 atom stereocenters. The Morgan fingerprint density at radius 1 is 1.35 bits per heavy atom. The molecule has 1 N–H and O–H groups in total. The van der Waals surface area contributed by atoms with Crippen LogP contribution in [0.3, 0.4) is 0 Å². The van der Waals surface area contributed by atoms with Crippen molar-refractivity contribution in [2.24, 2.45) is 0 Å². The average Bonchev–Trinajstić information content (AvgIpc) is 2.58. The number of nitrogens with zero attached hydrogens (tertiary/aromatic N) is 3. The van der Waals surface area contributed by atoms with E-state index in [4.69, 9.17) is 4.74 Å². The minimum Gasteiger partial charge on any atom is -0.481 e. The van der Waals surface area contributed by atoms with Gasteiger partial charge < -0.3 is 15.0 Å². The summed E-state index contributed by atoms with van der Waals surface area (Å²) in [5.74, 6) is 0.269. The Labute approximate surface area is 133 Å². The van der Waals surface area contributed by atoms with Gasteiger partial charge in [0.05, 0.1) is 7.11 Å². The fourth-order valence-corrected chi connectivity index (χ4v) is 2.50. The average molecular weight is 312 g/mol. The Bertz CT molecular complexity index is 748. The van der Waals surface area contributed by atoms with Gasteiger partial charge in [0.15, 0.2) is 0 Å². The standard InChI is InChI=1S/C16H16N4O3/c1-23-15-8-13(17-10-18-15)19-14(21)9-20-7-6-11-4-2-3-5-12(11)16(20)22/h2-5,8,10H,6-7,9H2,1H3,(H,17,18,19,21). The Kier molecular flexibility index (Phi) is 4.18. The van der Waals surface area contributed by atoms with Crippen molar-refractivity contribution in [2.45, 2.75) is 6.42 Å². The number of rotatable bonds is 4. The third-order valence-corrected chi connectivity index (χ3v) is 3.64. The van der Waals surface area contributed by atoms with E-state index >= 15 is 0 Å². The molecule has 0 fully saturated rings. The smallest absolute Gasteiger partial charge is 0.254 e. The van der Waals surface area contributed by atoms with Gasteiger partial charge in [0, 0.05) is 18.2 Å². The lowest BCUT2D eigenvalue weighted by molar-refractivity contribution is -0.117. The van der Waals surface area contributed by atoms with Gasteiger partial charge in [-0.15, -0.1) is 0 Å². The van der Waals surface area contributed by atoms with Gasteiger partial charge in [-0.05, 0) is 18.1 Å². The van der Waals surface area contributed by atoms with Gasteiger partial charge in [0.1, 0.15) is 18.7 Å². The number of ether oxygens (including phenoxy) is 1. The number of anilines is 1. The first-order chi connectivity index (χ1) is 11.2. The molecule has 0 saturated heterocycles. The van der Waals surface area contributed by atoms with Crippen LogP contribution in [0.2, 0.25) is 0 Å². The highest BCUT2D eigenvalue weighted by molar-refractivity contribution is 6.00. The van der Waals surface area contributed by atoms with E-state index in [0.717, 1.165) is 12.0 Å². The number of amides is 2. The summed E-state index contributed by atoms with van der Waals surface area (Å²) in [7, 11) is 1.48. The highest BCUT2D eigenvalue weighted by Gasteiger charge is 2.25. The maximum atomic E-state index is 12.4. The molecule has 7 heteroatoms. The lowest BCUT2D eigenvalue weighted by Gasteiger charge is -2.27. The molecule has 1 aromatic carbocycles. The summed E-state index contributed by atoms with van der Waals surface area (Å²) in [5, 5.41) is 2.64. The van der Waals surface area contributed by atoms with Crippen molar-refractivity contribution in [1.29, 1.82) is 0 Å². The lowest BCUT2D eigenvalue weighted by atomic mass is 9.99. The van der Waals surface area contributed by atoms with Gasteiger partial charge in [-0.3, -0.25) is 9.59 Å². The summed E-state index contributed by atoms with van der Waals surface area (Å²) in [6, 6.07) is 8.99. The summed E-state index contributed by atoms with van der Waals surface area (Å²) in [6.07, 6.45) is 2.05. The first kappa shape index (κ1) is 15.0. The number of hydrogen-bond donors (Lipinski definition) is 1. The summed E-state index contributed by atoms with van der Waals surface area (Å²) in [4.78, 5) is 33.9. The van der Waals surface area contributed by atoms with Crippen molar-refractivity contribution in [3.63, 3.8) is 0 Å². The molecule has 0 radical (unpaired) electrons. The van der Waals surface area contributed by atoms with E-state index in [9.17, 15) is 9.59 Å². The molecule has 3 rings (SSSR count). The minimum atomic E-state index is -0.307. The van der Waals surface area contributed by atoms with Gasteiger partial charge in [-0.2, -0.15) is 0 Å². The lowest BCUT2D eigenvalue weighted by Crippen LogP contribution is -2.42. The first-order valence-electron chi connectivity index (χ1n) is 7.20. The molecule has 1 aromatic heterocycles. The summed E-state index contributed by atoms with van der Waals surface area (Å²) >= 11 is 0. The van der Waals surface area contributed by atoms with Crippen molar-refractivity contribution in [1.82, 2.24) is 14.9 Å². The maximum Gasteiger partial charge on any atom is 0.254 e. The van der Waals surface area contributed by atoms with Gasteiger partial charge in [0.2, 0.25) is 11.8 Å². The van der Waals surface area contributed by atoms with Crippen LogP contribution in [0, 0.1) is 0 Å². The van der Waals surface area contributed by atoms with Crippen molar-refractivity contribution in [3.05, 3.63) is 47.8 Å². The van der Waals surface area contributed by atoms with Crippen LogP contribution in [0.25, 0.3) is 0 Å². The predicted octanol–water partition coefficient (Wildman–Crippen LogP) is 1.12. The number of carbonyl (C=O) groups is 2. The van der Waals surface area contributed by atoms with Crippen LogP contribution in [-0.2, 0) is 11.2 Å². The normalized spacial score (nSPS) is 13.4. The summed E-state index contributed by atoms with van der Waals surface area (Å²) < 4.78 is 4.98. The van der Waals surface area contributed by atoms with Crippen LogP contribution in [0.4, 0.5) is 5.82 Å². The van der Waals surface area contributed by atoms with Crippen molar-refractivity contribution < 1.29 is 14.3 Å². The zero-order chi connectivity index (χ0) is 16.2. The second kappa shape index (κ2) is 6.43. The zero-order valence-electron chi connectivity index (χ0n) is 12.7. The van der Waals surface area contributed by atoms with E-state index in [0.29, 0.717) is 23.8 Å². The molecule has 118 valence electrons. The SMILES string of the molecule is COc1cc(NC(=O)CN2CCc3ccccc3C2=O)ncn1. The Balaban J connectivity index is 1.65. The number of fused-ring (bicyclic) bond motifs is 1. The zero-order valence-corrected chi connectivity index (χ0v) is 12.7. The molecule has 2 heterocycles. The fourth-order valence-electron chi connectivity index (χ4n) is 2.50. The van der Waals surface area contributed by atoms with Gasteiger partial charge in [-0.1, -0.05) is 18.2 Å². The quantitative estimate of drug-likeness (QED) is 0.914. The molecular weight excluding hydrogens is 296 g/mol. The van der Waals surface area contributed by atoms with E-state index in [2.05, 4.69) is 15.3 Å². The second-order valence-corrected chi connectivity index (χ2v) is 5.13. The number of carbonyl (C=O) groups excluding carboxylic acids is 2. The molecular formula is C16H16N4O3. The highest BCUT2D eigenvalue weighted by atomic mass is 16.5. The van der Waals surface area contributed by atoms with Crippen molar-refractivity contribution in [3.8, 4) is 5.88 Å². The Morgan fingerprint density at radius 3 is 3.00 bits per heavy atom. The molecule has 1 aliphatic heterocycles. The first-order valence-corrected chi connectivity index (χ1v) is 7.20. The molecule has 1 aliphatic rings. The summed E-state index contributed by atoms with van der Waals surface area (Å²) in [5.41, 5.74) is 1.69. The molecule has 23 heavy (non-hydrogen) atoms. The second-order valence-electron chi connectivity index (χ2n) is 5.13. The van der Waals surface area contributed by atoms with Crippen LogP contribution in [0.5, 0.6) is 5.88 Å². The third-order valence-electron chi connectivity index (χ3n) is 3.64. The van der Waals surface area contributed by atoms with Gasteiger partial charge in [-0.25, -0.2) is 9.97 Å². The molecule has 0 unspecified atom stereocenters. The van der Waals surface area contributed by atoms with Crippen molar-refractivity contribution in [2.75, 3.05) is 25.5 Å². The number of aromatic nitrogens is 2.